The monoisotopic (exact) mass is 801 g/mol. The van der Waals surface area contributed by atoms with Gasteiger partial charge in [0.1, 0.15) is 40.8 Å². The Bertz CT molecular complexity index is 2170. The zero-order valence-electron chi connectivity index (χ0n) is 32.8. The lowest BCUT2D eigenvalue weighted by atomic mass is 10.0. The first-order chi connectivity index (χ1) is 27.2. The number of allylic oxidation sites excluding steroid dienone is 1. The van der Waals surface area contributed by atoms with Crippen LogP contribution in [0.5, 0.6) is 11.5 Å². The Hall–Kier alpha value is -5.18. The Balaban J connectivity index is 1.23. The van der Waals surface area contributed by atoms with Crippen molar-refractivity contribution in [1.82, 2.24) is 25.2 Å². The van der Waals surface area contributed by atoms with Gasteiger partial charge in [-0.1, -0.05) is 55.3 Å². The van der Waals surface area contributed by atoms with E-state index in [4.69, 9.17) is 19.2 Å². The number of alkyl carbamates (subject to hydrolysis) is 1. The molecule has 3 aromatic rings. The third kappa shape index (κ3) is 9.19. The zero-order chi connectivity index (χ0) is 40.5. The quantitative estimate of drug-likeness (QED) is 0.258. The summed E-state index contributed by atoms with van der Waals surface area (Å²) < 4.78 is 45.8. The van der Waals surface area contributed by atoms with Crippen molar-refractivity contribution in [3.8, 4) is 22.8 Å². The SMILES string of the molecule is COc1ccc2c(O[C@@H]3C[C@H]4C(=O)N[C@]5(C(=O)NS(=O)(=O)C6CC6)C[C@@H]5/C=C\CCCCC[C@H](NC(=O)OC(C)(C)C)C(=O)N4C3)cc(-c3ccccc3)nc2c1. The molecule has 3 heterocycles. The molecule has 1 saturated heterocycles. The molecule has 3 fully saturated rings. The number of pyridine rings is 1. The van der Waals surface area contributed by atoms with Gasteiger partial charge in [-0.2, -0.15) is 0 Å². The number of fused-ring (bicyclic) bond motifs is 3. The van der Waals surface area contributed by atoms with Crippen molar-refractivity contribution >= 4 is 44.7 Å². The molecule has 14 nitrogen and oxygen atoms in total. The van der Waals surface area contributed by atoms with Gasteiger partial charge in [0.2, 0.25) is 21.8 Å². The van der Waals surface area contributed by atoms with Crippen LogP contribution in [-0.2, 0) is 29.1 Å². The Kier molecular flexibility index (Phi) is 11.2. The number of carbonyl (C=O) groups excluding carboxylic acids is 4. The molecule has 57 heavy (non-hydrogen) atoms. The van der Waals surface area contributed by atoms with Crippen LogP contribution in [0.25, 0.3) is 22.2 Å². The van der Waals surface area contributed by atoms with E-state index in [-0.39, 0.29) is 19.4 Å². The first-order valence-electron chi connectivity index (χ1n) is 19.7. The predicted octanol–water partition coefficient (Wildman–Crippen LogP) is 5.16. The molecule has 2 aliphatic heterocycles. The standard InChI is InChI=1S/C42H51N5O9S/c1-41(2,3)56-40(51)44-32-16-12-7-5-6-11-15-27-24-42(27,39(50)46-57(52,53)30-18-19-30)45-37(48)35-22-29(25-47(35)38(32)49)55-36-23-33(26-13-9-8-10-14-26)43-34-21-28(54-4)17-20-31(34)36/h8-11,13-15,17,20-21,23,27,29-30,32,35H,5-7,12,16,18-19,22,24-25H2,1-4H3,(H,44,51)(H,45,48)(H,46,50)/b15-11-/t27-,29+,32-,35-,42+/m0/s1. The van der Waals surface area contributed by atoms with Crippen LogP contribution < -0.4 is 24.8 Å². The van der Waals surface area contributed by atoms with E-state index >= 15 is 0 Å². The van der Waals surface area contributed by atoms with Crippen LogP contribution in [0.2, 0.25) is 0 Å². The second-order valence-electron chi connectivity index (χ2n) is 16.4. The molecule has 15 heteroatoms. The number of rotatable bonds is 8. The van der Waals surface area contributed by atoms with Crippen molar-refractivity contribution in [3.05, 3.63) is 66.7 Å². The second-order valence-corrected chi connectivity index (χ2v) is 18.4. The minimum Gasteiger partial charge on any atom is -0.497 e. The summed E-state index contributed by atoms with van der Waals surface area (Å²) >= 11 is 0. The van der Waals surface area contributed by atoms with Crippen molar-refractivity contribution in [3.63, 3.8) is 0 Å². The lowest BCUT2D eigenvalue weighted by Crippen LogP contribution is -2.58. The molecular weight excluding hydrogens is 751 g/mol. The van der Waals surface area contributed by atoms with Gasteiger partial charge in [-0.15, -0.1) is 0 Å². The smallest absolute Gasteiger partial charge is 0.408 e. The maximum Gasteiger partial charge on any atom is 0.408 e. The third-order valence-electron chi connectivity index (χ3n) is 10.9. The molecule has 0 radical (unpaired) electrons. The molecule has 7 rings (SSSR count). The average molecular weight is 802 g/mol. The summed E-state index contributed by atoms with van der Waals surface area (Å²) in [6.07, 6.45) is 6.73. The van der Waals surface area contributed by atoms with Crippen molar-refractivity contribution < 1.29 is 41.8 Å². The van der Waals surface area contributed by atoms with Gasteiger partial charge in [0.15, 0.2) is 0 Å². The number of hydrogen-bond acceptors (Lipinski definition) is 10. The number of nitrogens with zero attached hydrogens (tertiary/aromatic N) is 2. The summed E-state index contributed by atoms with van der Waals surface area (Å²) in [6.45, 7) is 5.19. The Labute approximate surface area is 333 Å². The van der Waals surface area contributed by atoms with Crippen LogP contribution >= 0.6 is 0 Å². The van der Waals surface area contributed by atoms with E-state index in [1.165, 1.54) is 4.90 Å². The van der Waals surface area contributed by atoms with Gasteiger partial charge in [-0.25, -0.2) is 18.2 Å². The summed E-state index contributed by atoms with van der Waals surface area (Å²) in [5.74, 6) is -1.24. The predicted molar refractivity (Wildman–Crippen MR) is 213 cm³/mol. The molecule has 1 aromatic heterocycles. The van der Waals surface area contributed by atoms with Crippen LogP contribution in [-0.4, -0.2) is 90.3 Å². The molecule has 2 aromatic carbocycles. The Morgan fingerprint density at radius 2 is 1.77 bits per heavy atom. The van der Waals surface area contributed by atoms with Gasteiger partial charge in [0.25, 0.3) is 5.91 Å². The molecule has 4 amide bonds. The van der Waals surface area contributed by atoms with Gasteiger partial charge in [-0.3, -0.25) is 19.1 Å². The van der Waals surface area contributed by atoms with Crippen LogP contribution in [0.1, 0.15) is 78.6 Å². The molecule has 4 aliphatic rings. The Morgan fingerprint density at radius 1 is 1.00 bits per heavy atom. The lowest BCUT2D eigenvalue weighted by Gasteiger charge is -2.30. The fourth-order valence-electron chi connectivity index (χ4n) is 7.63. The number of carbonyl (C=O) groups is 4. The van der Waals surface area contributed by atoms with E-state index in [2.05, 4.69) is 15.4 Å². The number of aromatic nitrogens is 1. The van der Waals surface area contributed by atoms with Crippen molar-refractivity contribution in [2.45, 2.75) is 113 Å². The van der Waals surface area contributed by atoms with Crippen LogP contribution in [0, 0.1) is 5.92 Å². The van der Waals surface area contributed by atoms with Gasteiger partial charge in [-0.05, 0) is 71.4 Å². The lowest BCUT2D eigenvalue weighted by molar-refractivity contribution is -0.141. The number of benzene rings is 2. The highest BCUT2D eigenvalue weighted by molar-refractivity contribution is 7.91. The fraction of sp³-hybridized carbons (Fsp3) is 0.500. The largest absolute Gasteiger partial charge is 0.497 e. The maximum atomic E-state index is 14.6. The van der Waals surface area contributed by atoms with E-state index in [0.29, 0.717) is 60.2 Å². The highest BCUT2D eigenvalue weighted by Crippen LogP contribution is 2.46. The summed E-state index contributed by atoms with van der Waals surface area (Å²) in [4.78, 5) is 62.3. The number of methoxy groups -OCH3 is 1. The van der Waals surface area contributed by atoms with E-state index < -0.39 is 74.3 Å². The van der Waals surface area contributed by atoms with E-state index in [1.54, 1.807) is 33.9 Å². The van der Waals surface area contributed by atoms with Gasteiger partial charge in [0.05, 0.1) is 30.1 Å². The summed E-state index contributed by atoms with van der Waals surface area (Å²) in [5, 5.41) is 5.73. The molecule has 0 unspecified atom stereocenters. The molecule has 0 bridgehead atoms. The minimum atomic E-state index is -3.90. The maximum absolute atomic E-state index is 14.6. The fourth-order valence-corrected chi connectivity index (χ4v) is 9.00. The topological polar surface area (TPSA) is 182 Å². The average Bonchev–Trinajstić information content (AvgIpc) is 4.09. The summed E-state index contributed by atoms with van der Waals surface area (Å²) in [5.41, 5.74) is -0.195. The van der Waals surface area contributed by atoms with E-state index in [9.17, 15) is 27.6 Å². The van der Waals surface area contributed by atoms with Gasteiger partial charge >= 0.3 is 6.09 Å². The van der Waals surface area contributed by atoms with E-state index in [1.807, 2.05) is 60.7 Å². The minimum absolute atomic E-state index is 0.0113. The molecule has 2 saturated carbocycles. The number of nitrogens with one attached hydrogen (secondary N) is 3. The van der Waals surface area contributed by atoms with Crippen molar-refractivity contribution in [2.24, 2.45) is 5.92 Å². The molecule has 5 atom stereocenters. The number of ether oxygens (including phenoxy) is 3. The van der Waals surface area contributed by atoms with Crippen LogP contribution in [0.4, 0.5) is 4.79 Å². The van der Waals surface area contributed by atoms with Crippen molar-refractivity contribution in [1.29, 1.82) is 0 Å². The van der Waals surface area contributed by atoms with Crippen LogP contribution in [0.3, 0.4) is 0 Å². The van der Waals surface area contributed by atoms with Crippen LogP contribution in [0.15, 0.2) is 66.7 Å². The molecule has 2 aliphatic carbocycles. The number of sulfonamides is 1. The number of hydrogen-bond donors (Lipinski definition) is 3. The van der Waals surface area contributed by atoms with E-state index in [0.717, 1.165) is 18.4 Å². The van der Waals surface area contributed by atoms with Crippen molar-refractivity contribution in [2.75, 3.05) is 13.7 Å². The normalized spacial score (nSPS) is 26.1. The Morgan fingerprint density at radius 3 is 2.49 bits per heavy atom. The molecule has 304 valence electrons. The third-order valence-corrected chi connectivity index (χ3v) is 12.7. The molecule has 0 spiro atoms. The highest BCUT2D eigenvalue weighted by Gasteiger charge is 2.62. The second kappa shape index (κ2) is 16.0. The first kappa shape index (κ1) is 40.0. The highest BCUT2D eigenvalue weighted by atomic mass is 32.2. The molecule has 3 N–H and O–H groups in total. The first-order valence-corrected chi connectivity index (χ1v) is 21.3. The zero-order valence-corrected chi connectivity index (χ0v) is 33.6. The van der Waals surface area contributed by atoms with Gasteiger partial charge in [0, 0.05) is 35.4 Å². The van der Waals surface area contributed by atoms with Gasteiger partial charge < -0.3 is 29.7 Å². The molecular formula is C42H51N5O9S. The summed E-state index contributed by atoms with van der Waals surface area (Å²) in [6, 6.07) is 14.8. The number of amides is 4. The summed E-state index contributed by atoms with van der Waals surface area (Å²) in [7, 11) is -2.33.